The molecule has 23 heavy (non-hydrogen) atoms. The van der Waals surface area contributed by atoms with Crippen LogP contribution >= 0.6 is 0 Å². The maximum absolute atomic E-state index is 12.2. The largest absolute Gasteiger partial charge is 0.367 e. The number of carbonyl (C=O) groups excluding carboxylic acids is 2. The molecule has 1 saturated carbocycles. The number of carbonyl (C=O) groups is 2. The van der Waals surface area contributed by atoms with Gasteiger partial charge in [-0.1, -0.05) is 19.3 Å². The van der Waals surface area contributed by atoms with E-state index in [0.717, 1.165) is 25.6 Å². The average molecular weight is 325 g/mol. The van der Waals surface area contributed by atoms with Crippen LogP contribution in [0.5, 0.6) is 0 Å². The van der Waals surface area contributed by atoms with E-state index in [9.17, 15) is 9.59 Å². The van der Waals surface area contributed by atoms with E-state index in [-0.39, 0.29) is 18.4 Å². The molecule has 0 aromatic carbocycles. The summed E-state index contributed by atoms with van der Waals surface area (Å²) in [6.07, 6.45) is 6.23. The van der Waals surface area contributed by atoms with Crippen molar-refractivity contribution in [3.63, 3.8) is 0 Å². The van der Waals surface area contributed by atoms with Gasteiger partial charge in [-0.25, -0.2) is 5.01 Å². The van der Waals surface area contributed by atoms with Crippen molar-refractivity contribution >= 4 is 11.8 Å². The molecule has 0 aromatic rings. The number of nitrogens with one attached hydrogen (secondary N) is 3. The molecule has 3 rings (SSSR count). The lowest BCUT2D eigenvalue weighted by Gasteiger charge is -2.26. The molecular formula is C15H27N5O3. The van der Waals surface area contributed by atoms with Crippen molar-refractivity contribution in [1.82, 2.24) is 21.2 Å². The monoisotopic (exact) mass is 325 g/mol. The summed E-state index contributed by atoms with van der Waals surface area (Å²) in [5.41, 5.74) is 11.1. The van der Waals surface area contributed by atoms with E-state index >= 15 is 0 Å². The minimum atomic E-state index is -0.727. The molecule has 2 saturated heterocycles. The minimum absolute atomic E-state index is 0.0838. The van der Waals surface area contributed by atoms with Gasteiger partial charge in [-0.05, 0) is 18.8 Å². The fourth-order valence-electron chi connectivity index (χ4n) is 3.66. The molecule has 3 atom stereocenters. The Hall–Kier alpha value is -1.22. The molecule has 3 aliphatic rings. The Morgan fingerprint density at radius 1 is 1.26 bits per heavy atom. The molecule has 2 aliphatic heterocycles. The van der Waals surface area contributed by atoms with E-state index in [0.29, 0.717) is 0 Å². The van der Waals surface area contributed by atoms with Crippen molar-refractivity contribution in [2.45, 2.75) is 56.7 Å². The second kappa shape index (κ2) is 7.57. The first-order chi connectivity index (χ1) is 11.1. The molecule has 8 nitrogen and oxygen atoms in total. The lowest BCUT2D eigenvalue weighted by atomic mass is 9.89. The zero-order valence-corrected chi connectivity index (χ0v) is 13.4. The SMILES string of the molecule is NC(=O)C1CC(C(=O)NC2CNN(CC3CCCCC3)C2)NO1. The molecule has 0 aromatic heterocycles. The molecule has 0 radical (unpaired) electrons. The van der Waals surface area contributed by atoms with E-state index in [2.05, 4.69) is 21.2 Å². The molecule has 3 unspecified atom stereocenters. The number of hydrogen-bond donors (Lipinski definition) is 4. The highest BCUT2D eigenvalue weighted by Crippen LogP contribution is 2.24. The molecule has 2 heterocycles. The number of hydrogen-bond acceptors (Lipinski definition) is 6. The number of hydrazine groups is 1. The van der Waals surface area contributed by atoms with Crippen LogP contribution in [-0.4, -0.2) is 54.6 Å². The summed E-state index contributed by atoms with van der Waals surface area (Å²) in [6, 6.07) is -0.430. The number of nitrogens with zero attached hydrogens (tertiary/aromatic N) is 1. The predicted molar refractivity (Wildman–Crippen MR) is 83.7 cm³/mol. The Balaban J connectivity index is 1.39. The molecule has 0 spiro atoms. The van der Waals surface area contributed by atoms with Crippen molar-refractivity contribution < 1.29 is 14.4 Å². The summed E-state index contributed by atoms with van der Waals surface area (Å²) in [5, 5.41) is 5.24. The van der Waals surface area contributed by atoms with Crippen molar-refractivity contribution in [2.75, 3.05) is 19.6 Å². The van der Waals surface area contributed by atoms with Crippen molar-refractivity contribution in [3.05, 3.63) is 0 Å². The number of amides is 2. The van der Waals surface area contributed by atoms with E-state index in [1.54, 1.807) is 0 Å². The van der Waals surface area contributed by atoms with Crippen LogP contribution in [0.4, 0.5) is 0 Å². The van der Waals surface area contributed by atoms with Gasteiger partial charge in [-0.2, -0.15) is 5.48 Å². The Labute approximate surface area is 136 Å². The Kier molecular flexibility index (Phi) is 5.47. The minimum Gasteiger partial charge on any atom is -0.367 e. The van der Waals surface area contributed by atoms with Crippen LogP contribution in [0.25, 0.3) is 0 Å². The lowest BCUT2D eigenvalue weighted by Crippen LogP contribution is -2.47. The van der Waals surface area contributed by atoms with Gasteiger partial charge >= 0.3 is 0 Å². The van der Waals surface area contributed by atoms with E-state index in [4.69, 9.17) is 10.6 Å². The normalized spacial score (nSPS) is 33.0. The standard InChI is InChI=1S/C15H27N5O3/c16-14(21)13-6-12(19-23-13)15(22)18-11-7-17-20(9-11)8-10-4-2-1-3-5-10/h10-13,17,19H,1-9H2,(H2,16,21)(H,18,22). The third kappa shape index (κ3) is 4.41. The first-order valence-corrected chi connectivity index (χ1v) is 8.61. The number of nitrogens with two attached hydrogens (primary N) is 1. The van der Waals surface area contributed by atoms with Crippen molar-refractivity contribution in [3.8, 4) is 0 Å². The summed E-state index contributed by atoms with van der Waals surface area (Å²) >= 11 is 0. The van der Waals surface area contributed by atoms with Gasteiger partial charge < -0.3 is 11.1 Å². The van der Waals surface area contributed by atoms with E-state index < -0.39 is 18.1 Å². The summed E-state index contributed by atoms with van der Waals surface area (Å²) < 4.78 is 0. The van der Waals surface area contributed by atoms with Crippen LogP contribution in [0.2, 0.25) is 0 Å². The Bertz CT molecular complexity index is 441. The number of hydroxylamine groups is 1. The van der Waals surface area contributed by atoms with Gasteiger partial charge in [0.05, 0.1) is 6.04 Å². The predicted octanol–water partition coefficient (Wildman–Crippen LogP) is -0.981. The third-order valence-electron chi connectivity index (χ3n) is 4.99. The number of rotatable bonds is 5. The highest BCUT2D eigenvalue weighted by Gasteiger charge is 2.35. The molecule has 130 valence electrons. The maximum atomic E-state index is 12.2. The third-order valence-corrected chi connectivity index (χ3v) is 4.99. The quantitative estimate of drug-likeness (QED) is 0.517. The zero-order chi connectivity index (χ0) is 16.2. The molecule has 8 heteroatoms. The van der Waals surface area contributed by atoms with Gasteiger partial charge in [-0.3, -0.25) is 19.9 Å². The fourth-order valence-corrected chi connectivity index (χ4v) is 3.66. The van der Waals surface area contributed by atoms with Crippen LogP contribution in [0.15, 0.2) is 0 Å². The second-order valence-corrected chi connectivity index (χ2v) is 6.89. The van der Waals surface area contributed by atoms with E-state index in [1.165, 1.54) is 32.1 Å². The topological polar surface area (TPSA) is 109 Å². The second-order valence-electron chi connectivity index (χ2n) is 6.89. The first kappa shape index (κ1) is 16.6. The first-order valence-electron chi connectivity index (χ1n) is 8.61. The summed E-state index contributed by atoms with van der Waals surface area (Å²) in [6.45, 7) is 2.61. The maximum Gasteiger partial charge on any atom is 0.248 e. The summed E-state index contributed by atoms with van der Waals surface area (Å²) in [7, 11) is 0. The smallest absolute Gasteiger partial charge is 0.248 e. The Morgan fingerprint density at radius 3 is 2.74 bits per heavy atom. The summed E-state index contributed by atoms with van der Waals surface area (Å²) in [5.74, 6) is 0.0842. The van der Waals surface area contributed by atoms with Crippen LogP contribution < -0.4 is 22.0 Å². The van der Waals surface area contributed by atoms with Crippen LogP contribution in [0.3, 0.4) is 0 Å². The zero-order valence-electron chi connectivity index (χ0n) is 13.4. The van der Waals surface area contributed by atoms with Gasteiger partial charge in [-0.15, -0.1) is 0 Å². The van der Waals surface area contributed by atoms with E-state index in [1.807, 2.05) is 0 Å². The number of primary amides is 1. The fraction of sp³-hybridized carbons (Fsp3) is 0.867. The van der Waals surface area contributed by atoms with Gasteiger partial charge in [0.2, 0.25) is 11.8 Å². The molecule has 2 amide bonds. The Morgan fingerprint density at radius 2 is 2.04 bits per heavy atom. The molecule has 3 fully saturated rings. The highest BCUT2D eigenvalue weighted by atomic mass is 16.7. The van der Waals surface area contributed by atoms with Crippen molar-refractivity contribution in [2.24, 2.45) is 11.7 Å². The van der Waals surface area contributed by atoms with Gasteiger partial charge in [0.1, 0.15) is 6.04 Å². The molecule has 1 aliphatic carbocycles. The molecule has 5 N–H and O–H groups in total. The van der Waals surface area contributed by atoms with Crippen molar-refractivity contribution in [1.29, 1.82) is 0 Å². The van der Waals surface area contributed by atoms with Gasteiger partial charge in [0.25, 0.3) is 0 Å². The average Bonchev–Trinajstić information content (AvgIpc) is 3.18. The molecular weight excluding hydrogens is 298 g/mol. The molecule has 0 bridgehead atoms. The van der Waals surface area contributed by atoms with Crippen LogP contribution in [0, 0.1) is 5.92 Å². The van der Waals surface area contributed by atoms with Gasteiger partial charge in [0, 0.05) is 26.1 Å². The van der Waals surface area contributed by atoms with Gasteiger partial charge in [0.15, 0.2) is 6.10 Å². The lowest BCUT2D eigenvalue weighted by molar-refractivity contribution is -0.131. The van der Waals surface area contributed by atoms with Crippen LogP contribution in [0.1, 0.15) is 38.5 Å². The summed E-state index contributed by atoms with van der Waals surface area (Å²) in [4.78, 5) is 28.3. The van der Waals surface area contributed by atoms with Crippen LogP contribution in [-0.2, 0) is 14.4 Å². The highest BCUT2D eigenvalue weighted by molar-refractivity contribution is 5.85.